The minimum Gasteiger partial charge on any atom is -0.469 e. The number of carbonyl (C=O) groups is 1. The first-order chi connectivity index (χ1) is 6.81. The van der Waals surface area contributed by atoms with Gasteiger partial charge >= 0.3 is 5.97 Å². The predicted octanol–water partition coefficient (Wildman–Crippen LogP) is -1.10. The second kappa shape index (κ2) is 10.7. The van der Waals surface area contributed by atoms with Crippen molar-refractivity contribution < 1.29 is 9.53 Å². The molecule has 0 aromatic heterocycles. The molecule has 0 spiro atoms. The highest BCUT2D eigenvalue weighted by Gasteiger charge is 1.97. The molecule has 84 valence electrons. The summed E-state index contributed by atoms with van der Waals surface area (Å²) in [5.41, 5.74) is 0. The van der Waals surface area contributed by atoms with Gasteiger partial charge in [-0.25, -0.2) is 0 Å². The average Bonchev–Trinajstić information content (AvgIpc) is 2.21. The molecule has 0 bridgehead atoms. The molecule has 0 aliphatic heterocycles. The average molecular weight is 218 g/mol. The Morgan fingerprint density at radius 1 is 1.21 bits per heavy atom. The van der Waals surface area contributed by atoms with Crippen LogP contribution < -0.4 is 10.6 Å². The van der Waals surface area contributed by atoms with E-state index >= 15 is 0 Å². The molecule has 0 unspecified atom stereocenters. The maximum atomic E-state index is 10.7. The Bertz CT molecular complexity index is 145. The lowest BCUT2D eigenvalue weighted by molar-refractivity contribution is -0.140. The van der Waals surface area contributed by atoms with Crippen molar-refractivity contribution in [2.75, 3.05) is 33.3 Å². The van der Waals surface area contributed by atoms with Gasteiger partial charge in [-0.2, -0.15) is 0 Å². The summed E-state index contributed by atoms with van der Waals surface area (Å²) in [5, 5.41) is 6.50. The molecule has 0 amide bonds. The number of rotatable bonds is 9. The van der Waals surface area contributed by atoms with Crippen molar-refractivity contribution in [3.05, 3.63) is 0 Å². The number of methoxy groups -OCH3 is 1. The van der Waals surface area contributed by atoms with E-state index in [4.69, 9.17) is 0 Å². The van der Waals surface area contributed by atoms with Crippen LogP contribution in [0.3, 0.4) is 0 Å². The van der Waals surface area contributed by atoms with Crippen molar-refractivity contribution in [1.29, 1.82) is 0 Å². The Labute approximate surface area is 89.2 Å². The van der Waals surface area contributed by atoms with Crippen molar-refractivity contribution in [2.24, 2.45) is 0 Å². The highest BCUT2D eigenvalue weighted by atomic mass is 28.1. The lowest BCUT2D eigenvalue weighted by atomic mass is 10.4. The number of hydrogen-bond donors (Lipinski definition) is 2. The normalized spacial score (nSPS) is 10.4. The Balaban J connectivity index is 2.95. The van der Waals surface area contributed by atoms with Crippen LogP contribution in [0.2, 0.25) is 6.04 Å². The Morgan fingerprint density at radius 3 is 2.43 bits per heavy atom. The lowest BCUT2D eigenvalue weighted by Crippen LogP contribution is -2.29. The molecule has 0 saturated carbocycles. The fourth-order valence-electron chi connectivity index (χ4n) is 1.02. The second-order valence-corrected chi connectivity index (χ2v) is 4.18. The number of esters is 1. The van der Waals surface area contributed by atoms with Gasteiger partial charge in [0.25, 0.3) is 0 Å². The van der Waals surface area contributed by atoms with Crippen LogP contribution in [0.25, 0.3) is 0 Å². The molecule has 0 aliphatic carbocycles. The first-order valence-electron chi connectivity index (χ1n) is 5.29. The van der Waals surface area contributed by atoms with Crippen molar-refractivity contribution in [3.63, 3.8) is 0 Å². The van der Waals surface area contributed by atoms with Crippen molar-refractivity contribution >= 4 is 16.2 Å². The molecule has 0 rings (SSSR count). The maximum absolute atomic E-state index is 10.7. The predicted molar refractivity (Wildman–Crippen MR) is 61.7 cm³/mol. The SMILES string of the molecule is COC(=O)CCNCCNCCC[SiH3]. The van der Waals surface area contributed by atoms with Gasteiger partial charge in [0.15, 0.2) is 0 Å². The third kappa shape index (κ3) is 9.69. The largest absolute Gasteiger partial charge is 0.469 e. The van der Waals surface area contributed by atoms with Gasteiger partial charge in [0.1, 0.15) is 0 Å². The molecule has 0 aromatic rings. The van der Waals surface area contributed by atoms with E-state index in [0.29, 0.717) is 13.0 Å². The molecule has 0 aliphatic rings. The quantitative estimate of drug-likeness (QED) is 0.293. The summed E-state index contributed by atoms with van der Waals surface area (Å²) in [4.78, 5) is 10.7. The van der Waals surface area contributed by atoms with Crippen LogP contribution in [0.5, 0.6) is 0 Å². The van der Waals surface area contributed by atoms with E-state index in [1.807, 2.05) is 0 Å². The monoisotopic (exact) mass is 218 g/mol. The minimum atomic E-state index is -0.151. The van der Waals surface area contributed by atoms with E-state index in [-0.39, 0.29) is 5.97 Å². The van der Waals surface area contributed by atoms with E-state index in [2.05, 4.69) is 15.4 Å². The van der Waals surface area contributed by atoms with Crippen LogP contribution in [-0.2, 0) is 9.53 Å². The molecule has 0 radical (unpaired) electrons. The number of nitrogens with one attached hydrogen (secondary N) is 2. The van der Waals surface area contributed by atoms with E-state index in [9.17, 15) is 4.79 Å². The first kappa shape index (κ1) is 13.6. The van der Waals surface area contributed by atoms with E-state index in [0.717, 1.165) is 19.6 Å². The zero-order valence-corrected chi connectivity index (χ0v) is 11.3. The van der Waals surface area contributed by atoms with Gasteiger partial charge in [-0.05, 0) is 13.0 Å². The summed E-state index contributed by atoms with van der Waals surface area (Å²) < 4.78 is 4.52. The second-order valence-electron chi connectivity index (χ2n) is 3.18. The summed E-state index contributed by atoms with van der Waals surface area (Å²) in [5.74, 6) is -0.151. The fourth-order valence-corrected chi connectivity index (χ4v) is 1.37. The van der Waals surface area contributed by atoms with Crippen LogP contribution in [0.1, 0.15) is 12.8 Å². The molecule has 0 heterocycles. The third-order valence-corrected chi connectivity index (χ3v) is 2.63. The van der Waals surface area contributed by atoms with Gasteiger partial charge in [-0.3, -0.25) is 4.79 Å². The summed E-state index contributed by atoms with van der Waals surface area (Å²) in [6.45, 7) is 3.71. The van der Waals surface area contributed by atoms with Crippen LogP contribution in [0.4, 0.5) is 0 Å². The zero-order valence-electron chi connectivity index (χ0n) is 9.27. The van der Waals surface area contributed by atoms with Crippen molar-refractivity contribution in [1.82, 2.24) is 10.6 Å². The number of hydrogen-bond acceptors (Lipinski definition) is 4. The van der Waals surface area contributed by atoms with Gasteiger partial charge in [0.05, 0.1) is 13.5 Å². The molecule has 0 fully saturated rings. The molecule has 0 atom stereocenters. The molecule has 0 saturated heterocycles. The van der Waals surface area contributed by atoms with Gasteiger partial charge in [-0.1, -0.05) is 6.04 Å². The standard InChI is InChI=1S/C9H22N2O2Si/c1-13-9(12)3-5-11-7-6-10-4-2-8-14/h10-11H,2-8H2,1,14H3. The molecule has 0 aromatic carbocycles. The highest BCUT2D eigenvalue weighted by Crippen LogP contribution is 1.81. The number of ether oxygens (including phenoxy) is 1. The highest BCUT2D eigenvalue weighted by molar-refractivity contribution is 6.08. The molecule has 2 N–H and O–H groups in total. The Kier molecular flexibility index (Phi) is 10.4. The van der Waals surface area contributed by atoms with E-state index < -0.39 is 0 Å². The maximum Gasteiger partial charge on any atom is 0.306 e. The topological polar surface area (TPSA) is 50.4 Å². The van der Waals surface area contributed by atoms with Crippen molar-refractivity contribution in [3.8, 4) is 0 Å². The summed E-state index contributed by atoms with van der Waals surface area (Å²) in [6.07, 6.45) is 1.74. The van der Waals surface area contributed by atoms with E-state index in [1.165, 1.54) is 29.8 Å². The molecule has 14 heavy (non-hydrogen) atoms. The van der Waals surface area contributed by atoms with Gasteiger partial charge in [-0.15, -0.1) is 0 Å². The molecular formula is C9H22N2O2Si. The summed E-state index contributed by atoms with van der Waals surface area (Å²) in [7, 11) is 2.71. The van der Waals surface area contributed by atoms with Crippen molar-refractivity contribution in [2.45, 2.75) is 18.9 Å². The van der Waals surface area contributed by atoms with Gasteiger partial charge in [0.2, 0.25) is 0 Å². The third-order valence-electron chi connectivity index (χ3n) is 1.92. The molecule has 5 heteroatoms. The van der Waals surface area contributed by atoms with Crippen LogP contribution in [0.15, 0.2) is 0 Å². The zero-order chi connectivity index (χ0) is 10.6. The van der Waals surface area contributed by atoms with Crippen LogP contribution in [-0.4, -0.2) is 49.5 Å². The molecular weight excluding hydrogens is 196 g/mol. The first-order valence-corrected chi connectivity index (χ1v) is 6.71. The van der Waals surface area contributed by atoms with Gasteiger partial charge < -0.3 is 15.4 Å². The van der Waals surface area contributed by atoms with Gasteiger partial charge in [0, 0.05) is 29.9 Å². The summed E-state index contributed by atoms with van der Waals surface area (Å²) in [6, 6.07) is 1.36. The van der Waals surface area contributed by atoms with E-state index in [1.54, 1.807) is 0 Å². The molecule has 4 nitrogen and oxygen atoms in total. The summed E-state index contributed by atoms with van der Waals surface area (Å²) >= 11 is 0. The fraction of sp³-hybridized carbons (Fsp3) is 0.889. The Hall–Kier alpha value is -0.393. The minimum absolute atomic E-state index is 0.151. The lowest BCUT2D eigenvalue weighted by Gasteiger charge is -2.05. The smallest absolute Gasteiger partial charge is 0.306 e. The van der Waals surface area contributed by atoms with Crippen LogP contribution >= 0.6 is 0 Å². The van der Waals surface area contributed by atoms with Crippen LogP contribution in [0, 0.1) is 0 Å². The Morgan fingerprint density at radius 2 is 1.86 bits per heavy atom. The number of carbonyl (C=O) groups excluding carboxylic acids is 1.